The Kier molecular flexibility index (Phi) is 20.0. The second-order valence-electron chi connectivity index (χ2n) is 24.8. The predicted octanol–water partition coefficient (Wildman–Crippen LogP) is 4.55. The SMILES string of the molecule is CN[C@@H](C)C(=O)N[C@H](C(=O)N1CCN(S(=O)(=O)c2ccc(Oc3ccc(S(=O)(=O)N4CCN(C(=O)[C@@H](NC(=O)[C@H](C)NC)C(C)(C)C)[C@H](C(=O)NC5CCCc6ccccc65)C4)cc3)cc2)C[C@H]1C(=O)NC1CCCc2ccccc21)C(C)(C)C. The summed E-state index contributed by atoms with van der Waals surface area (Å²) in [7, 11) is -5.29. The molecule has 0 bridgehead atoms. The van der Waals surface area contributed by atoms with Crippen molar-refractivity contribution < 1.29 is 50.3 Å². The maximum absolute atomic E-state index is 14.7. The van der Waals surface area contributed by atoms with Gasteiger partial charge < -0.3 is 46.4 Å². The molecule has 6 amide bonds. The van der Waals surface area contributed by atoms with E-state index in [0.717, 1.165) is 47.9 Å². The first-order valence-electron chi connectivity index (χ1n) is 29.3. The number of sulfonamides is 2. The Bertz CT molecular complexity index is 3110. The van der Waals surface area contributed by atoms with Crippen LogP contribution in [0.2, 0.25) is 0 Å². The maximum Gasteiger partial charge on any atom is 0.246 e. The fourth-order valence-electron chi connectivity index (χ4n) is 11.5. The van der Waals surface area contributed by atoms with Gasteiger partial charge in [-0.3, -0.25) is 28.8 Å². The average molecular weight is 1210 g/mol. The molecular formula is C62H84N10O11S2. The minimum Gasteiger partial charge on any atom is -0.457 e. The quantitative estimate of drug-likeness (QED) is 0.0800. The third kappa shape index (κ3) is 14.6. The van der Waals surface area contributed by atoms with E-state index in [1.165, 1.54) is 66.9 Å². The van der Waals surface area contributed by atoms with Crippen LogP contribution >= 0.6 is 0 Å². The van der Waals surface area contributed by atoms with Crippen LogP contribution in [0.1, 0.15) is 115 Å². The van der Waals surface area contributed by atoms with Crippen LogP contribution < -0.4 is 36.6 Å². The Hall–Kier alpha value is -6.76. The topological polar surface area (TPSA) is 265 Å². The lowest BCUT2D eigenvalue weighted by Crippen LogP contribution is -2.66. The molecule has 23 heteroatoms. The summed E-state index contributed by atoms with van der Waals surface area (Å²) in [6.07, 6.45) is 4.68. The first-order chi connectivity index (χ1) is 40.1. The summed E-state index contributed by atoms with van der Waals surface area (Å²) in [6.45, 7) is 13.0. The summed E-state index contributed by atoms with van der Waals surface area (Å²) in [5, 5.41) is 17.8. The van der Waals surface area contributed by atoms with Crippen molar-refractivity contribution in [3.05, 3.63) is 119 Å². The van der Waals surface area contributed by atoms with Crippen molar-refractivity contribution >= 4 is 55.5 Å². The molecule has 2 aliphatic carbocycles. The van der Waals surface area contributed by atoms with Crippen LogP contribution in [-0.4, -0.2) is 160 Å². The van der Waals surface area contributed by atoms with Crippen molar-refractivity contribution in [1.82, 2.24) is 50.3 Å². The minimum absolute atomic E-state index is 0.0956. The Labute approximate surface area is 500 Å². The highest BCUT2D eigenvalue weighted by molar-refractivity contribution is 7.89. The van der Waals surface area contributed by atoms with Crippen LogP contribution in [0, 0.1) is 10.8 Å². The van der Waals surface area contributed by atoms with Crippen LogP contribution in [0.5, 0.6) is 11.5 Å². The highest BCUT2D eigenvalue weighted by atomic mass is 32.2. The zero-order valence-corrected chi connectivity index (χ0v) is 52.1. The van der Waals surface area contributed by atoms with Crippen molar-refractivity contribution in [2.45, 2.75) is 152 Å². The minimum atomic E-state index is -4.28. The molecule has 8 atom stereocenters. The third-order valence-electron chi connectivity index (χ3n) is 16.8. The average Bonchev–Trinajstić information content (AvgIpc) is 1.86. The molecule has 21 nitrogen and oxygen atoms in total. The number of fused-ring (bicyclic) bond motifs is 2. The lowest BCUT2D eigenvalue weighted by molar-refractivity contribution is -0.148. The van der Waals surface area contributed by atoms with E-state index in [2.05, 4.69) is 31.9 Å². The molecule has 0 saturated carbocycles. The smallest absolute Gasteiger partial charge is 0.246 e. The number of nitrogens with one attached hydrogen (secondary N) is 6. The summed E-state index contributed by atoms with van der Waals surface area (Å²) < 4.78 is 66.5. The molecule has 8 rings (SSSR count). The summed E-state index contributed by atoms with van der Waals surface area (Å²) in [5.41, 5.74) is 2.59. The van der Waals surface area contributed by atoms with E-state index in [-0.39, 0.29) is 72.6 Å². The number of aryl methyl sites for hydroxylation is 2. The van der Waals surface area contributed by atoms with Crippen LogP contribution in [0.15, 0.2) is 107 Å². The van der Waals surface area contributed by atoms with Gasteiger partial charge in [-0.2, -0.15) is 8.61 Å². The van der Waals surface area contributed by atoms with E-state index in [4.69, 9.17) is 4.74 Å². The van der Waals surface area contributed by atoms with E-state index < -0.39 is 103 Å². The highest BCUT2D eigenvalue weighted by Gasteiger charge is 2.47. The largest absolute Gasteiger partial charge is 0.457 e. The number of hydrogen-bond acceptors (Lipinski definition) is 13. The van der Waals surface area contributed by atoms with Crippen molar-refractivity contribution in [1.29, 1.82) is 0 Å². The second kappa shape index (κ2) is 26.5. The molecule has 2 saturated heterocycles. The highest BCUT2D eigenvalue weighted by Crippen LogP contribution is 2.35. The zero-order valence-electron chi connectivity index (χ0n) is 50.4. The molecule has 4 aromatic carbocycles. The Morgan fingerprint density at radius 1 is 0.518 bits per heavy atom. The van der Waals surface area contributed by atoms with Crippen LogP contribution in [0.25, 0.3) is 0 Å². The van der Waals surface area contributed by atoms with Crippen molar-refractivity contribution in [2.75, 3.05) is 53.4 Å². The number of hydrogen-bond donors (Lipinski definition) is 6. The second-order valence-corrected chi connectivity index (χ2v) is 28.7. The molecule has 4 aliphatic rings. The van der Waals surface area contributed by atoms with Gasteiger partial charge in [0.15, 0.2) is 0 Å². The standard InChI is InChI=1S/C62H84N10O11S2/c1-39(63-9)55(73)67-53(61(3,4)5)59(77)71-35-33-69(37-51(71)57(75)65-49-23-15-19-41-17-11-13-21-47(41)49)84(79,80)45-29-25-43(26-30-45)83-44-27-31-46(32-28-44)85(81,82)70-34-36-72(60(78)54(62(6,7)8)68-56(74)40(2)64-10)52(38-70)58(76)66-50-24-16-20-42-18-12-14-22-48(42)50/h11-14,17-18,21-22,25-32,39-40,49-54,63-64H,15-16,19-20,23-24,33-38H2,1-10H3,(H,65,75)(H,66,76)(H,67,73)(H,68,74)/t39-,40-,49?,50?,51-,52-,53+,54+/m0/s1. The molecule has 85 heavy (non-hydrogen) atoms. The van der Waals surface area contributed by atoms with E-state index in [1.807, 2.05) is 90.1 Å². The molecule has 0 radical (unpaired) electrons. The lowest BCUT2D eigenvalue weighted by atomic mass is 9.85. The Morgan fingerprint density at radius 2 is 0.871 bits per heavy atom. The molecule has 6 N–H and O–H groups in total. The Morgan fingerprint density at radius 3 is 1.21 bits per heavy atom. The Balaban J connectivity index is 0.977. The number of nitrogens with zero attached hydrogens (tertiary/aromatic N) is 4. The predicted molar refractivity (Wildman–Crippen MR) is 322 cm³/mol. The third-order valence-corrected chi connectivity index (χ3v) is 20.6. The van der Waals surface area contributed by atoms with Crippen molar-refractivity contribution in [2.24, 2.45) is 10.8 Å². The van der Waals surface area contributed by atoms with E-state index in [1.54, 1.807) is 27.9 Å². The number of likely N-dealkylation sites (N-methyl/N-ethyl adjacent to an activating group) is 2. The van der Waals surface area contributed by atoms with Crippen LogP contribution in [-0.2, 0) is 61.7 Å². The van der Waals surface area contributed by atoms with Gasteiger partial charge in [-0.1, -0.05) is 90.1 Å². The molecule has 0 aromatic heterocycles. The summed E-state index contributed by atoms with van der Waals surface area (Å²) in [4.78, 5) is 87.4. The molecule has 2 heterocycles. The molecule has 460 valence electrons. The molecule has 2 aliphatic heterocycles. The number of carbonyl (C=O) groups is 6. The van der Waals surface area contributed by atoms with Crippen LogP contribution in [0.4, 0.5) is 0 Å². The van der Waals surface area contributed by atoms with Gasteiger partial charge in [0, 0.05) is 39.3 Å². The molecule has 2 fully saturated rings. The molecular weight excluding hydrogens is 1120 g/mol. The maximum atomic E-state index is 14.7. The van der Waals surface area contributed by atoms with Gasteiger partial charge in [-0.05, 0) is 148 Å². The van der Waals surface area contributed by atoms with Gasteiger partial charge in [-0.15, -0.1) is 0 Å². The van der Waals surface area contributed by atoms with Crippen molar-refractivity contribution in [3.8, 4) is 11.5 Å². The van der Waals surface area contributed by atoms with Crippen LogP contribution in [0.3, 0.4) is 0 Å². The van der Waals surface area contributed by atoms with Crippen molar-refractivity contribution in [3.63, 3.8) is 0 Å². The normalized spacial score (nSPS) is 21.2. The van der Waals surface area contributed by atoms with Gasteiger partial charge in [0.2, 0.25) is 55.5 Å². The summed E-state index contributed by atoms with van der Waals surface area (Å²) in [6, 6.07) is 20.5. The van der Waals surface area contributed by atoms with E-state index in [0.29, 0.717) is 12.8 Å². The fourth-order valence-corrected chi connectivity index (χ4v) is 14.4. The number of piperazine rings is 2. The molecule has 4 aromatic rings. The summed E-state index contributed by atoms with van der Waals surface area (Å²) in [5.74, 6) is -2.39. The number of amides is 6. The molecule has 2 unspecified atom stereocenters. The number of rotatable bonds is 18. The van der Waals surface area contributed by atoms with E-state index >= 15 is 0 Å². The van der Waals surface area contributed by atoms with Gasteiger partial charge in [-0.25, -0.2) is 16.8 Å². The number of benzene rings is 4. The monoisotopic (exact) mass is 1210 g/mol. The number of carbonyl (C=O) groups excluding carboxylic acids is 6. The first kappa shape index (κ1) is 64.2. The van der Waals surface area contributed by atoms with E-state index in [9.17, 15) is 45.6 Å². The molecule has 0 spiro atoms. The number of ether oxygens (including phenoxy) is 1. The van der Waals surface area contributed by atoms with Gasteiger partial charge in [0.05, 0.1) is 34.0 Å². The first-order valence-corrected chi connectivity index (χ1v) is 32.2. The van der Waals surface area contributed by atoms with Gasteiger partial charge in [0.25, 0.3) is 0 Å². The van der Waals surface area contributed by atoms with Gasteiger partial charge in [0.1, 0.15) is 35.7 Å². The zero-order chi connectivity index (χ0) is 61.8. The summed E-state index contributed by atoms with van der Waals surface area (Å²) >= 11 is 0. The fraction of sp³-hybridized carbons (Fsp3) is 0.516. The van der Waals surface area contributed by atoms with Gasteiger partial charge >= 0.3 is 0 Å². The lowest BCUT2D eigenvalue weighted by Gasteiger charge is -2.43.